The lowest BCUT2D eigenvalue weighted by Gasteiger charge is -2.43. The van der Waals surface area contributed by atoms with Crippen molar-refractivity contribution >= 4 is 11.6 Å². The van der Waals surface area contributed by atoms with E-state index >= 15 is 4.39 Å². The van der Waals surface area contributed by atoms with E-state index in [0.717, 1.165) is 12.1 Å². The van der Waals surface area contributed by atoms with Crippen molar-refractivity contribution < 1.29 is 27.1 Å². The lowest BCUT2D eigenvalue weighted by atomic mass is 9.80. The van der Waals surface area contributed by atoms with Crippen LogP contribution in [0.4, 0.5) is 23.2 Å². The summed E-state index contributed by atoms with van der Waals surface area (Å²) in [5.41, 5.74) is -0.624. The zero-order valence-electron chi connectivity index (χ0n) is 22.8. The zero-order chi connectivity index (χ0) is 29.8. The first-order chi connectivity index (χ1) is 19.5. The first kappa shape index (κ1) is 29.4. The Labute approximate surface area is 235 Å². The number of methoxy groups -OCH3 is 1. The number of rotatable bonds is 7. The summed E-state index contributed by atoms with van der Waals surface area (Å²) < 4.78 is 60.5. The fraction of sp³-hybridized carbons (Fsp3) is 0.300. The minimum atomic E-state index is -4.57. The third-order valence-corrected chi connectivity index (χ3v) is 7.04. The maximum absolute atomic E-state index is 15.6. The van der Waals surface area contributed by atoms with Crippen LogP contribution in [-0.4, -0.2) is 50.1 Å². The zero-order valence-corrected chi connectivity index (χ0v) is 22.8. The summed E-state index contributed by atoms with van der Waals surface area (Å²) in [5.74, 6) is -0.531. The van der Waals surface area contributed by atoms with E-state index < -0.39 is 29.0 Å². The summed E-state index contributed by atoms with van der Waals surface area (Å²) in [5, 5.41) is 12.6. The molecule has 1 fully saturated rings. The number of nitriles is 1. The van der Waals surface area contributed by atoms with Gasteiger partial charge in [0.25, 0.3) is 0 Å². The minimum absolute atomic E-state index is 0.0980. The molecule has 214 valence electrons. The monoisotopic (exact) mass is 567 g/mol. The van der Waals surface area contributed by atoms with Gasteiger partial charge >= 0.3 is 6.18 Å². The Bertz CT molecular complexity index is 1490. The number of hydrogen-bond acceptors (Lipinski definition) is 6. The number of nitrogens with one attached hydrogen (secondary N) is 1. The fourth-order valence-corrected chi connectivity index (χ4v) is 4.93. The van der Waals surface area contributed by atoms with E-state index in [1.54, 1.807) is 54.4 Å². The molecular formula is C30H29F4N5O2. The lowest BCUT2D eigenvalue weighted by molar-refractivity contribution is -0.137. The maximum Gasteiger partial charge on any atom is 0.416 e. The number of ether oxygens (including phenoxy) is 1. The molecule has 2 aromatic carbocycles. The number of anilines is 1. The Hall–Kier alpha value is -4.59. The van der Waals surface area contributed by atoms with Crippen molar-refractivity contribution in [2.75, 3.05) is 39.2 Å². The Balaban J connectivity index is 1.67. The summed E-state index contributed by atoms with van der Waals surface area (Å²) in [6.45, 7) is 0.571. The highest BCUT2D eigenvalue weighted by Crippen LogP contribution is 2.39. The number of carbonyl (C=O) groups is 1. The molecule has 4 rings (SSSR count). The van der Waals surface area contributed by atoms with Gasteiger partial charge in [-0.1, -0.05) is 12.1 Å². The van der Waals surface area contributed by atoms with Crippen LogP contribution in [0.2, 0.25) is 0 Å². The van der Waals surface area contributed by atoms with Crippen LogP contribution in [0.15, 0.2) is 67.0 Å². The van der Waals surface area contributed by atoms with Crippen molar-refractivity contribution in [3.8, 4) is 23.1 Å². The molecule has 2 heterocycles. The van der Waals surface area contributed by atoms with Gasteiger partial charge in [0.05, 0.1) is 29.5 Å². The number of halogens is 4. The number of benzene rings is 2. The van der Waals surface area contributed by atoms with Crippen LogP contribution in [0.5, 0.6) is 5.75 Å². The second kappa shape index (κ2) is 11.9. The SMILES string of the molecule is COc1ccccc1-c1ncc(C2(NC(=O)C=CN(C)C)CCN(c3ccc(C(F)(F)F)cc3C#N)CC2)cc1F. The van der Waals surface area contributed by atoms with Gasteiger partial charge in [-0.3, -0.25) is 9.78 Å². The van der Waals surface area contributed by atoms with E-state index in [2.05, 4.69) is 10.3 Å². The van der Waals surface area contributed by atoms with Crippen molar-refractivity contribution in [2.45, 2.75) is 24.6 Å². The summed E-state index contributed by atoms with van der Waals surface area (Å²) in [4.78, 5) is 20.8. The first-order valence-corrected chi connectivity index (χ1v) is 12.8. The lowest BCUT2D eigenvalue weighted by Crippen LogP contribution is -2.53. The molecule has 0 saturated carbocycles. The molecule has 1 N–H and O–H groups in total. The number of piperidine rings is 1. The van der Waals surface area contributed by atoms with E-state index in [1.807, 2.05) is 6.07 Å². The fourth-order valence-electron chi connectivity index (χ4n) is 4.93. The topological polar surface area (TPSA) is 81.5 Å². The first-order valence-electron chi connectivity index (χ1n) is 12.8. The molecule has 7 nitrogen and oxygen atoms in total. The van der Waals surface area contributed by atoms with Crippen molar-refractivity contribution in [1.29, 1.82) is 5.26 Å². The predicted molar refractivity (Wildman–Crippen MR) is 146 cm³/mol. The summed E-state index contributed by atoms with van der Waals surface area (Å²) in [6, 6.07) is 13.2. The third kappa shape index (κ3) is 6.43. The average Bonchev–Trinajstić information content (AvgIpc) is 2.95. The molecule has 0 bridgehead atoms. The molecule has 11 heteroatoms. The molecule has 0 aliphatic carbocycles. The summed E-state index contributed by atoms with van der Waals surface area (Å²) in [6.07, 6.45) is 0.479. The second-order valence-electron chi connectivity index (χ2n) is 9.93. The number of nitrogens with zero attached hydrogens (tertiary/aromatic N) is 4. The van der Waals surface area contributed by atoms with Crippen molar-refractivity contribution in [1.82, 2.24) is 15.2 Å². The molecular weight excluding hydrogens is 538 g/mol. The molecule has 41 heavy (non-hydrogen) atoms. The molecule has 0 unspecified atom stereocenters. The quantitative estimate of drug-likeness (QED) is 0.301. The third-order valence-electron chi connectivity index (χ3n) is 7.04. The molecule has 1 saturated heterocycles. The number of hydrogen-bond donors (Lipinski definition) is 1. The standard InChI is InChI=1S/C30H29F4N5O2/c1-38(2)13-10-27(40)37-29(22-17-24(31)28(36-19-22)23-6-4-5-7-26(23)41-3)11-14-39(15-12-29)25-9-8-21(30(32,33)34)16-20(25)18-35/h4-10,13,16-17,19H,11-12,14-15H2,1-3H3,(H,37,40). The van der Waals surface area contributed by atoms with Gasteiger partial charge in [-0.05, 0) is 54.8 Å². The molecule has 0 atom stereocenters. The minimum Gasteiger partial charge on any atom is -0.496 e. The number of carbonyl (C=O) groups excluding carboxylic acids is 1. The van der Waals surface area contributed by atoms with Crippen molar-refractivity contribution in [3.05, 3.63) is 89.5 Å². The predicted octanol–water partition coefficient (Wildman–Crippen LogP) is 5.47. The molecule has 0 radical (unpaired) electrons. The Morgan fingerprint density at radius 2 is 1.88 bits per heavy atom. The van der Waals surface area contributed by atoms with Gasteiger partial charge in [-0.25, -0.2) is 4.39 Å². The van der Waals surface area contributed by atoms with Gasteiger partial charge in [-0.2, -0.15) is 18.4 Å². The van der Waals surface area contributed by atoms with Crippen LogP contribution in [0, 0.1) is 17.1 Å². The van der Waals surface area contributed by atoms with Crippen molar-refractivity contribution in [2.24, 2.45) is 0 Å². The molecule has 1 aliphatic heterocycles. The van der Waals surface area contributed by atoms with Gasteiger partial charge in [0.1, 0.15) is 23.3 Å². The average molecular weight is 568 g/mol. The van der Waals surface area contributed by atoms with Crippen molar-refractivity contribution in [3.63, 3.8) is 0 Å². The highest BCUT2D eigenvalue weighted by molar-refractivity contribution is 5.88. The number of para-hydroxylation sites is 1. The molecule has 1 aliphatic rings. The van der Waals surface area contributed by atoms with Crippen LogP contribution in [0.25, 0.3) is 11.3 Å². The molecule has 1 aromatic heterocycles. The van der Waals surface area contributed by atoms with Gasteiger partial charge in [-0.15, -0.1) is 0 Å². The largest absolute Gasteiger partial charge is 0.496 e. The summed E-state index contributed by atoms with van der Waals surface area (Å²) >= 11 is 0. The Morgan fingerprint density at radius 3 is 2.49 bits per heavy atom. The smallest absolute Gasteiger partial charge is 0.416 e. The Morgan fingerprint density at radius 1 is 1.17 bits per heavy atom. The number of alkyl halides is 3. The summed E-state index contributed by atoms with van der Waals surface area (Å²) in [7, 11) is 5.02. The van der Waals surface area contributed by atoms with Crippen LogP contribution >= 0.6 is 0 Å². The highest BCUT2D eigenvalue weighted by atomic mass is 19.4. The van der Waals surface area contributed by atoms with Gasteiger partial charge in [0.2, 0.25) is 5.91 Å². The highest BCUT2D eigenvalue weighted by Gasteiger charge is 2.39. The normalized spacial score (nSPS) is 14.9. The van der Waals surface area contributed by atoms with Crippen LogP contribution in [-0.2, 0) is 16.5 Å². The maximum atomic E-state index is 15.6. The second-order valence-corrected chi connectivity index (χ2v) is 9.93. The van der Waals surface area contributed by atoms with E-state index in [4.69, 9.17) is 4.74 Å². The van der Waals surface area contributed by atoms with Gasteiger partial charge < -0.3 is 19.9 Å². The molecule has 1 amide bonds. The number of pyridine rings is 1. The van der Waals surface area contributed by atoms with Crippen LogP contribution in [0.3, 0.4) is 0 Å². The van der Waals surface area contributed by atoms with Gasteiger partial charge in [0.15, 0.2) is 0 Å². The van der Waals surface area contributed by atoms with E-state index in [1.165, 1.54) is 31.5 Å². The molecule has 0 spiro atoms. The number of amides is 1. The van der Waals surface area contributed by atoms with E-state index in [9.17, 15) is 23.2 Å². The van der Waals surface area contributed by atoms with Gasteiger partial charge in [0, 0.05) is 51.2 Å². The van der Waals surface area contributed by atoms with Crippen LogP contribution < -0.4 is 15.0 Å². The van der Waals surface area contributed by atoms with E-state index in [0.29, 0.717) is 22.6 Å². The molecule has 3 aromatic rings. The number of aromatic nitrogens is 1. The Kier molecular flexibility index (Phi) is 8.52. The van der Waals surface area contributed by atoms with Crippen LogP contribution in [0.1, 0.15) is 29.5 Å². The van der Waals surface area contributed by atoms with E-state index in [-0.39, 0.29) is 37.2 Å².